The largest absolute Gasteiger partial charge is 0.263 e. The monoisotopic (exact) mass is 360 g/mol. The molecule has 0 radical (unpaired) electrons. The smallest absolute Gasteiger partial charge is 0.263 e. The van der Waals surface area contributed by atoms with E-state index in [0.29, 0.717) is 16.7 Å². The Labute approximate surface area is 144 Å². The second-order valence-corrected chi connectivity index (χ2v) is 7.08. The number of nitrogens with zero attached hydrogens (tertiary/aromatic N) is 1. The summed E-state index contributed by atoms with van der Waals surface area (Å²) in [5, 5.41) is 0. The SMILES string of the molecule is Cc1ccc(F)cc1S(=O)(=O)Nc1ccc(-c2ccccc2F)cn1. The van der Waals surface area contributed by atoms with Crippen molar-refractivity contribution < 1.29 is 17.2 Å². The quantitative estimate of drug-likeness (QED) is 0.761. The Bertz CT molecular complexity index is 1020. The zero-order chi connectivity index (χ0) is 18.0. The zero-order valence-corrected chi connectivity index (χ0v) is 14.0. The van der Waals surface area contributed by atoms with Crippen molar-refractivity contribution in [1.82, 2.24) is 4.98 Å². The molecule has 0 atom stereocenters. The van der Waals surface area contributed by atoms with E-state index in [2.05, 4.69) is 9.71 Å². The Balaban J connectivity index is 1.89. The molecule has 0 saturated carbocycles. The van der Waals surface area contributed by atoms with Gasteiger partial charge >= 0.3 is 0 Å². The Hall–Kier alpha value is -2.80. The van der Waals surface area contributed by atoms with E-state index in [9.17, 15) is 17.2 Å². The molecule has 0 spiro atoms. The molecule has 0 fully saturated rings. The third kappa shape index (κ3) is 3.66. The van der Waals surface area contributed by atoms with Gasteiger partial charge in [0.1, 0.15) is 17.5 Å². The van der Waals surface area contributed by atoms with Crippen LogP contribution in [0.1, 0.15) is 5.56 Å². The second-order valence-electron chi connectivity index (χ2n) is 5.43. The van der Waals surface area contributed by atoms with Crippen molar-refractivity contribution in [1.29, 1.82) is 0 Å². The molecule has 0 aliphatic carbocycles. The maximum atomic E-state index is 13.8. The summed E-state index contributed by atoms with van der Waals surface area (Å²) in [6.07, 6.45) is 1.37. The number of halogens is 2. The summed E-state index contributed by atoms with van der Waals surface area (Å²) in [5.74, 6) is -0.981. The lowest BCUT2D eigenvalue weighted by molar-refractivity contribution is 0.594. The second kappa shape index (κ2) is 6.60. The molecule has 0 amide bonds. The average Bonchev–Trinajstić information content (AvgIpc) is 2.58. The molecule has 0 saturated heterocycles. The number of anilines is 1. The fourth-order valence-electron chi connectivity index (χ4n) is 2.36. The molecule has 0 aliphatic heterocycles. The highest BCUT2D eigenvalue weighted by Gasteiger charge is 2.18. The van der Waals surface area contributed by atoms with E-state index < -0.39 is 21.7 Å². The number of rotatable bonds is 4. The number of aryl methyl sites for hydroxylation is 1. The number of benzene rings is 2. The third-order valence-corrected chi connectivity index (χ3v) is 5.12. The molecular formula is C18H14F2N2O2S. The molecule has 1 aromatic heterocycles. The summed E-state index contributed by atoms with van der Waals surface area (Å²) < 4.78 is 54.2. The molecule has 3 aromatic rings. The van der Waals surface area contributed by atoms with Gasteiger partial charge in [0.2, 0.25) is 0 Å². The van der Waals surface area contributed by atoms with Crippen LogP contribution < -0.4 is 4.72 Å². The number of sulfonamides is 1. The third-order valence-electron chi connectivity index (χ3n) is 3.63. The van der Waals surface area contributed by atoms with Gasteiger partial charge in [-0.15, -0.1) is 0 Å². The van der Waals surface area contributed by atoms with E-state index in [1.54, 1.807) is 31.2 Å². The lowest BCUT2D eigenvalue weighted by Crippen LogP contribution is -2.15. The van der Waals surface area contributed by atoms with Crippen LogP contribution in [-0.4, -0.2) is 13.4 Å². The standard InChI is InChI=1S/C18H14F2N2O2S/c1-12-6-8-14(19)10-17(12)25(23,24)22-18-9-7-13(11-21-18)15-4-2-3-5-16(15)20/h2-11H,1H3,(H,21,22). The Morgan fingerprint density at radius 1 is 1.00 bits per heavy atom. The van der Waals surface area contributed by atoms with Gasteiger partial charge in [-0.25, -0.2) is 22.2 Å². The number of hydrogen-bond acceptors (Lipinski definition) is 3. The normalized spacial score (nSPS) is 11.3. The van der Waals surface area contributed by atoms with E-state index in [-0.39, 0.29) is 10.7 Å². The van der Waals surface area contributed by atoms with Gasteiger partial charge in [-0.3, -0.25) is 4.72 Å². The Kier molecular flexibility index (Phi) is 4.50. The van der Waals surface area contributed by atoms with Crippen LogP contribution in [0.2, 0.25) is 0 Å². The van der Waals surface area contributed by atoms with Crippen molar-refractivity contribution in [2.24, 2.45) is 0 Å². The summed E-state index contributed by atoms with van der Waals surface area (Å²) in [6, 6.07) is 12.7. The molecule has 128 valence electrons. The maximum Gasteiger partial charge on any atom is 0.263 e. The first-order valence-electron chi connectivity index (χ1n) is 7.37. The van der Waals surface area contributed by atoms with E-state index in [1.165, 1.54) is 30.5 Å². The van der Waals surface area contributed by atoms with Crippen LogP contribution >= 0.6 is 0 Å². The number of pyridine rings is 1. The van der Waals surface area contributed by atoms with Gasteiger partial charge in [0.05, 0.1) is 4.90 Å². The van der Waals surface area contributed by atoms with Gasteiger partial charge in [-0.2, -0.15) is 0 Å². The van der Waals surface area contributed by atoms with Crippen LogP contribution in [0.15, 0.2) is 65.7 Å². The van der Waals surface area contributed by atoms with Crippen molar-refractivity contribution in [3.05, 3.63) is 78.0 Å². The lowest BCUT2D eigenvalue weighted by atomic mass is 10.1. The minimum Gasteiger partial charge on any atom is -0.263 e. The molecule has 1 heterocycles. The Morgan fingerprint density at radius 3 is 2.44 bits per heavy atom. The molecule has 1 N–H and O–H groups in total. The van der Waals surface area contributed by atoms with E-state index in [0.717, 1.165) is 6.07 Å². The predicted octanol–water partition coefficient (Wildman–Crippen LogP) is 4.14. The number of hydrogen-bond donors (Lipinski definition) is 1. The molecule has 7 heteroatoms. The first kappa shape index (κ1) is 17.0. The lowest BCUT2D eigenvalue weighted by Gasteiger charge is -2.10. The van der Waals surface area contributed by atoms with E-state index in [1.807, 2.05) is 0 Å². The van der Waals surface area contributed by atoms with Gasteiger partial charge in [-0.05, 0) is 42.8 Å². The molecule has 0 bridgehead atoms. The average molecular weight is 360 g/mol. The summed E-state index contributed by atoms with van der Waals surface area (Å²) in [6.45, 7) is 1.57. The highest BCUT2D eigenvalue weighted by Crippen LogP contribution is 2.24. The summed E-state index contributed by atoms with van der Waals surface area (Å²) in [5.41, 5.74) is 1.30. The molecule has 0 aliphatic rings. The van der Waals surface area contributed by atoms with Crippen molar-refractivity contribution in [3.8, 4) is 11.1 Å². The van der Waals surface area contributed by atoms with Gasteiger partial charge in [0.15, 0.2) is 0 Å². The van der Waals surface area contributed by atoms with Crippen LogP contribution in [0.25, 0.3) is 11.1 Å². The minimum absolute atomic E-state index is 0.0590. The maximum absolute atomic E-state index is 13.8. The zero-order valence-electron chi connectivity index (χ0n) is 13.2. The van der Waals surface area contributed by atoms with E-state index in [4.69, 9.17) is 0 Å². The van der Waals surface area contributed by atoms with Gasteiger partial charge < -0.3 is 0 Å². The fourth-order valence-corrected chi connectivity index (χ4v) is 3.63. The minimum atomic E-state index is -3.98. The van der Waals surface area contributed by atoms with Crippen LogP contribution in [0.4, 0.5) is 14.6 Å². The van der Waals surface area contributed by atoms with Crippen molar-refractivity contribution in [2.75, 3.05) is 4.72 Å². The van der Waals surface area contributed by atoms with Crippen LogP contribution in [-0.2, 0) is 10.0 Å². The first-order chi connectivity index (χ1) is 11.9. The fraction of sp³-hybridized carbons (Fsp3) is 0.0556. The topological polar surface area (TPSA) is 59.1 Å². The van der Waals surface area contributed by atoms with Crippen LogP contribution in [0.5, 0.6) is 0 Å². The first-order valence-corrected chi connectivity index (χ1v) is 8.85. The molecule has 0 unspecified atom stereocenters. The summed E-state index contributed by atoms with van der Waals surface area (Å²) >= 11 is 0. The highest BCUT2D eigenvalue weighted by molar-refractivity contribution is 7.92. The van der Waals surface area contributed by atoms with Gasteiger partial charge in [0.25, 0.3) is 10.0 Å². The van der Waals surface area contributed by atoms with Crippen molar-refractivity contribution in [3.63, 3.8) is 0 Å². The van der Waals surface area contributed by atoms with Crippen molar-refractivity contribution in [2.45, 2.75) is 11.8 Å². The molecule has 2 aromatic carbocycles. The molecule has 3 rings (SSSR count). The highest BCUT2D eigenvalue weighted by atomic mass is 32.2. The van der Waals surface area contributed by atoms with Gasteiger partial charge in [-0.1, -0.05) is 24.3 Å². The van der Waals surface area contributed by atoms with E-state index >= 15 is 0 Å². The predicted molar refractivity (Wildman–Crippen MR) is 91.6 cm³/mol. The molecule has 25 heavy (non-hydrogen) atoms. The summed E-state index contributed by atoms with van der Waals surface area (Å²) in [4.78, 5) is 3.85. The Morgan fingerprint density at radius 2 is 1.76 bits per heavy atom. The summed E-state index contributed by atoms with van der Waals surface area (Å²) in [7, 11) is -3.98. The van der Waals surface area contributed by atoms with Crippen LogP contribution in [0.3, 0.4) is 0 Å². The number of nitrogens with one attached hydrogen (secondary N) is 1. The molecular weight excluding hydrogens is 346 g/mol. The van der Waals surface area contributed by atoms with Gasteiger partial charge in [0, 0.05) is 17.3 Å². The molecule has 4 nitrogen and oxygen atoms in total. The number of aromatic nitrogens is 1. The van der Waals surface area contributed by atoms with Crippen molar-refractivity contribution >= 4 is 15.8 Å². The van der Waals surface area contributed by atoms with Crippen LogP contribution in [0, 0.1) is 18.6 Å².